The summed E-state index contributed by atoms with van der Waals surface area (Å²) in [6.07, 6.45) is 2.30. The van der Waals surface area contributed by atoms with Crippen molar-refractivity contribution in [3.63, 3.8) is 0 Å². The van der Waals surface area contributed by atoms with Crippen LogP contribution in [0, 0.1) is 5.82 Å². The number of halogens is 1. The molecule has 2 rings (SSSR count). The summed E-state index contributed by atoms with van der Waals surface area (Å²) in [7, 11) is 0. The number of nitrogens with zero attached hydrogens (tertiary/aromatic N) is 1. The second kappa shape index (κ2) is 4.61. The number of nitrogen functional groups attached to an aromatic ring is 1. The molecule has 16 heavy (non-hydrogen) atoms. The highest BCUT2D eigenvalue weighted by molar-refractivity contribution is 5.98. The average molecular weight is 222 g/mol. The third kappa shape index (κ3) is 2.39. The number of rotatable bonds is 3. The van der Waals surface area contributed by atoms with Crippen molar-refractivity contribution in [3.05, 3.63) is 29.6 Å². The van der Waals surface area contributed by atoms with Gasteiger partial charge >= 0.3 is 0 Å². The molecule has 3 nitrogen and oxygen atoms in total. The fourth-order valence-electron chi connectivity index (χ4n) is 1.95. The van der Waals surface area contributed by atoms with E-state index < -0.39 is 5.82 Å². The number of benzene rings is 1. The first-order chi connectivity index (χ1) is 7.66. The van der Waals surface area contributed by atoms with Crippen molar-refractivity contribution >= 4 is 11.5 Å². The molecule has 1 aromatic carbocycles. The van der Waals surface area contributed by atoms with Gasteiger partial charge < -0.3 is 5.73 Å². The molecule has 2 N–H and O–H groups in total. The van der Waals surface area contributed by atoms with Gasteiger partial charge in [-0.15, -0.1) is 0 Å². The molecule has 0 radical (unpaired) electrons. The van der Waals surface area contributed by atoms with Gasteiger partial charge in [-0.2, -0.15) is 0 Å². The maximum Gasteiger partial charge on any atom is 0.176 e. The lowest BCUT2D eigenvalue weighted by Gasteiger charge is -2.13. The SMILES string of the molecule is Nc1cc(C(=O)CN2CCCC2)ccc1F. The van der Waals surface area contributed by atoms with Gasteiger partial charge in [0.15, 0.2) is 5.78 Å². The number of ketones is 1. The molecule has 0 bridgehead atoms. The van der Waals surface area contributed by atoms with Gasteiger partial charge in [0, 0.05) is 5.56 Å². The molecule has 0 spiro atoms. The Labute approximate surface area is 94.0 Å². The predicted octanol–water partition coefficient (Wildman–Crippen LogP) is 1.69. The first-order valence-corrected chi connectivity index (χ1v) is 5.47. The minimum Gasteiger partial charge on any atom is -0.396 e. The van der Waals surface area contributed by atoms with Gasteiger partial charge in [-0.1, -0.05) is 0 Å². The van der Waals surface area contributed by atoms with Gasteiger partial charge in [0.1, 0.15) is 5.82 Å². The summed E-state index contributed by atoms with van der Waals surface area (Å²) in [6.45, 7) is 2.36. The highest BCUT2D eigenvalue weighted by atomic mass is 19.1. The smallest absolute Gasteiger partial charge is 0.176 e. The zero-order chi connectivity index (χ0) is 11.5. The standard InChI is InChI=1S/C12H15FN2O/c13-10-4-3-9(7-11(10)14)12(16)8-15-5-1-2-6-15/h3-4,7H,1-2,5-6,8,14H2. The Bertz CT molecular complexity index is 400. The van der Waals surface area contributed by atoms with Crippen molar-refractivity contribution in [3.8, 4) is 0 Å². The van der Waals surface area contributed by atoms with Crippen molar-refractivity contribution in [1.82, 2.24) is 4.90 Å². The Morgan fingerprint density at radius 1 is 1.38 bits per heavy atom. The number of carbonyl (C=O) groups is 1. The summed E-state index contributed by atoms with van der Waals surface area (Å²) in [5, 5.41) is 0. The minimum absolute atomic E-state index is 0.00796. The lowest BCUT2D eigenvalue weighted by atomic mass is 10.1. The number of likely N-dealkylation sites (tertiary alicyclic amines) is 1. The molecule has 0 aliphatic carbocycles. The molecular weight excluding hydrogens is 207 g/mol. The fourth-order valence-corrected chi connectivity index (χ4v) is 1.95. The van der Waals surface area contributed by atoms with Crippen LogP contribution in [0.5, 0.6) is 0 Å². The Balaban J connectivity index is 2.05. The Morgan fingerprint density at radius 2 is 2.06 bits per heavy atom. The van der Waals surface area contributed by atoms with Crippen molar-refractivity contribution in [1.29, 1.82) is 0 Å². The molecule has 86 valence electrons. The lowest BCUT2D eigenvalue weighted by Crippen LogP contribution is -2.26. The van der Waals surface area contributed by atoms with E-state index in [1.54, 1.807) is 0 Å². The predicted molar refractivity (Wildman–Crippen MR) is 60.8 cm³/mol. The normalized spacial score (nSPS) is 16.6. The number of anilines is 1. The van der Waals surface area contributed by atoms with E-state index in [2.05, 4.69) is 4.90 Å². The number of Topliss-reactive ketones (excluding diaryl/α,β-unsaturated/α-hetero) is 1. The van der Waals surface area contributed by atoms with E-state index in [0.29, 0.717) is 12.1 Å². The maximum absolute atomic E-state index is 12.9. The number of nitrogens with two attached hydrogens (primary N) is 1. The van der Waals surface area contributed by atoms with Gasteiger partial charge in [0.25, 0.3) is 0 Å². The Hall–Kier alpha value is -1.42. The van der Waals surface area contributed by atoms with Crippen LogP contribution in [-0.2, 0) is 0 Å². The molecule has 1 fully saturated rings. The van der Waals surface area contributed by atoms with Gasteiger partial charge in [-0.25, -0.2) is 4.39 Å². The maximum atomic E-state index is 12.9. The third-order valence-corrected chi connectivity index (χ3v) is 2.88. The van der Waals surface area contributed by atoms with Crippen LogP contribution < -0.4 is 5.73 Å². The first kappa shape index (κ1) is 11.1. The lowest BCUT2D eigenvalue weighted by molar-refractivity contribution is 0.0945. The molecule has 0 amide bonds. The summed E-state index contributed by atoms with van der Waals surface area (Å²) < 4.78 is 12.9. The van der Waals surface area contributed by atoms with Gasteiger partial charge in [0.2, 0.25) is 0 Å². The summed E-state index contributed by atoms with van der Waals surface area (Å²) in [4.78, 5) is 14.0. The number of carbonyl (C=O) groups excluding carboxylic acids is 1. The van der Waals surface area contributed by atoms with Crippen LogP contribution in [0.1, 0.15) is 23.2 Å². The summed E-state index contributed by atoms with van der Waals surface area (Å²) >= 11 is 0. The molecule has 1 saturated heterocycles. The van der Waals surface area contributed by atoms with Crippen molar-refractivity contribution in [2.75, 3.05) is 25.4 Å². The van der Waals surface area contributed by atoms with Gasteiger partial charge in [0.05, 0.1) is 12.2 Å². The van der Waals surface area contributed by atoms with Gasteiger partial charge in [-0.3, -0.25) is 9.69 Å². The molecule has 1 aromatic rings. The Kier molecular flexibility index (Phi) is 3.19. The first-order valence-electron chi connectivity index (χ1n) is 5.47. The number of hydrogen-bond acceptors (Lipinski definition) is 3. The van der Waals surface area contributed by atoms with E-state index in [0.717, 1.165) is 25.9 Å². The van der Waals surface area contributed by atoms with Crippen LogP contribution in [0.2, 0.25) is 0 Å². The molecule has 4 heteroatoms. The minimum atomic E-state index is -0.474. The van der Waals surface area contributed by atoms with E-state index in [1.807, 2.05) is 0 Å². The molecule has 0 atom stereocenters. The molecule has 0 saturated carbocycles. The van der Waals surface area contributed by atoms with E-state index in [4.69, 9.17) is 5.73 Å². The van der Waals surface area contributed by atoms with Crippen LogP contribution in [0.3, 0.4) is 0 Å². The topological polar surface area (TPSA) is 46.3 Å². The van der Waals surface area contributed by atoms with E-state index >= 15 is 0 Å². The summed E-state index contributed by atoms with van der Waals surface area (Å²) in [5.41, 5.74) is 5.95. The fraction of sp³-hybridized carbons (Fsp3) is 0.417. The quantitative estimate of drug-likeness (QED) is 0.625. The van der Waals surface area contributed by atoms with Crippen LogP contribution in [0.15, 0.2) is 18.2 Å². The van der Waals surface area contributed by atoms with Crippen LogP contribution in [0.4, 0.5) is 10.1 Å². The Morgan fingerprint density at radius 3 is 2.69 bits per heavy atom. The summed E-state index contributed by atoms with van der Waals surface area (Å²) in [6, 6.07) is 4.14. The largest absolute Gasteiger partial charge is 0.396 e. The third-order valence-electron chi connectivity index (χ3n) is 2.88. The van der Waals surface area contributed by atoms with E-state index in [9.17, 15) is 9.18 Å². The molecule has 0 unspecified atom stereocenters. The molecule has 1 aliphatic rings. The monoisotopic (exact) mass is 222 g/mol. The second-order valence-electron chi connectivity index (χ2n) is 4.14. The van der Waals surface area contributed by atoms with E-state index in [-0.39, 0.29) is 11.5 Å². The van der Waals surface area contributed by atoms with E-state index in [1.165, 1.54) is 18.2 Å². The summed E-state index contributed by atoms with van der Waals surface area (Å²) in [5.74, 6) is -0.466. The number of hydrogen-bond donors (Lipinski definition) is 1. The molecular formula is C12H15FN2O. The molecule has 1 heterocycles. The van der Waals surface area contributed by atoms with Crippen molar-refractivity contribution in [2.45, 2.75) is 12.8 Å². The highest BCUT2D eigenvalue weighted by Gasteiger charge is 2.16. The zero-order valence-corrected chi connectivity index (χ0v) is 9.08. The molecule has 0 aromatic heterocycles. The van der Waals surface area contributed by atoms with Gasteiger partial charge in [-0.05, 0) is 44.1 Å². The average Bonchev–Trinajstić information content (AvgIpc) is 2.74. The van der Waals surface area contributed by atoms with Crippen LogP contribution >= 0.6 is 0 Å². The van der Waals surface area contributed by atoms with Crippen molar-refractivity contribution in [2.24, 2.45) is 0 Å². The van der Waals surface area contributed by atoms with Crippen molar-refractivity contribution < 1.29 is 9.18 Å². The molecule has 1 aliphatic heterocycles. The highest BCUT2D eigenvalue weighted by Crippen LogP contribution is 2.14. The second-order valence-corrected chi connectivity index (χ2v) is 4.14. The zero-order valence-electron chi connectivity index (χ0n) is 9.08. The van der Waals surface area contributed by atoms with Crippen LogP contribution in [-0.4, -0.2) is 30.3 Å². The van der Waals surface area contributed by atoms with Crippen LogP contribution in [0.25, 0.3) is 0 Å².